The van der Waals surface area contributed by atoms with Gasteiger partial charge in [-0.15, -0.1) is 11.3 Å². The fraction of sp³-hybridized carbons (Fsp3) is 0.214. The van der Waals surface area contributed by atoms with Crippen LogP contribution < -0.4 is 5.32 Å². The van der Waals surface area contributed by atoms with Crippen LogP contribution in [0.5, 0.6) is 0 Å². The number of halogens is 1. The van der Waals surface area contributed by atoms with Gasteiger partial charge >= 0.3 is 0 Å². The van der Waals surface area contributed by atoms with E-state index >= 15 is 0 Å². The normalized spacial score (nSPS) is 11.0. The summed E-state index contributed by atoms with van der Waals surface area (Å²) in [6.45, 7) is 0.392. The summed E-state index contributed by atoms with van der Waals surface area (Å²) in [5, 5.41) is 5.82. The Morgan fingerprint density at radius 1 is 1.45 bits per heavy atom. The first-order valence-corrected chi connectivity index (χ1v) is 7.71. The maximum Gasteiger partial charge on any atom is 0.277 e. The van der Waals surface area contributed by atoms with Gasteiger partial charge in [-0.3, -0.25) is 10.1 Å². The number of thiazole rings is 1. The van der Waals surface area contributed by atoms with Crippen molar-refractivity contribution in [2.45, 2.75) is 6.61 Å². The molecule has 0 radical (unpaired) electrons. The number of hydrogen-bond acceptors (Lipinski definition) is 5. The molecule has 1 N–H and O–H groups in total. The number of anilines is 1. The molecule has 1 amide bonds. The zero-order valence-corrected chi connectivity index (χ0v) is 13.5. The second kappa shape index (κ2) is 6.04. The molecule has 0 aliphatic carbocycles. The number of imidazole rings is 1. The summed E-state index contributed by atoms with van der Waals surface area (Å²) in [6, 6.07) is 5.40. The molecular weight excluding hydrogens is 324 g/mol. The molecule has 1 aromatic carbocycles. The number of aromatic nitrogens is 3. The maximum atomic E-state index is 12.2. The molecule has 0 unspecified atom stereocenters. The Morgan fingerprint density at radius 2 is 2.27 bits per heavy atom. The molecule has 8 heteroatoms. The molecule has 3 rings (SSSR count). The van der Waals surface area contributed by atoms with E-state index in [-0.39, 0.29) is 5.91 Å². The van der Waals surface area contributed by atoms with Crippen LogP contribution in [0, 0.1) is 0 Å². The summed E-state index contributed by atoms with van der Waals surface area (Å²) in [5.74, 6) is 0.145. The first-order valence-electron chi connectivity index (χ1n) is 6.45. The summed E-state index contributed by atoms with van der Waals surface area (Å²) in [7, 11) is 3.42. The number of carbonyl (C=O) groups is 1. The Balaban J connectivity index is 1.85. The summed E-state index contributed by atoms with van der Waals surface area (Å²) in [5.41, 5.74) is 1.96. The fourth-order valence-corrected chi connectivity index (χ4v) is 2.97. The van der Waals surface area contributed by atoms with E-state index < -0.39 is 0 Å². The monoisotopic (exact) mass is 336 g/mol. The van der Waals surface area contributed by atoms with E-state index in [1.54, 1.807) is 29.2 Å². The van der Waals surface area contributed by atoms with Gasteiger partial charge in [0.15, 0.2) is 0 Å². The van der Waals surface area contributed by atoms with Crippen LogP contribution in [0.4, 0.5) is 5.95 Å². The van der Waals surface area contributed by atoms with Crippen molar-refractivity contribution in [3.8, 4) is 0 Å². The van der Waals surface area contributed by atoms with Crippen molar-refractivity contribution in [1.82, 2.24) is 14.5 Å². The number of nitrogens with one attached hydrogen (secondary N) is 1. The summed E-state index contributed by atoms with van der Waals surface area (Å²) in [4.78, 5) is 20.8. The number of carbonyl (C=O) groups excluding carboxylic acids is 1. The van der Waals surface area contributed by atoms with Crippen molar-refractivity contribution in [2.24, 2.45) is 7.05 Å². The lowest BCUT2D eigenvalue weighted by Gasteiger charge is -2.03. The van der Waals surface area contributed by atoms with Crippen LogP contribution >= 0.6 is 22.9 Å². The topological polar surface area (TPSA) is 69.0 Å². The fourth-order valence-electron chi connectivity index (χ4n) is 2.06. The van der Waals surface area contributed by atoms with Gasteiger partial charge in [-0.25, -0.2) is 9.97 Å². The lowest BCUT2D eigenvalue weighted by atomic mass is 10.3. The van der Waals surface area contributed by atoms with E-state index in [0.717, 1.165) is 16.0 Å². The number of hydrogen-bond donors (Lipinski definition) is 1. The Morgan fingerprint density at radius 3 is 3.05 bits per heavy atom. The highest BCUT2D eigenvalue weighted by atomic mass is 35.5. The first kappa shape index (κ1) is 15.0. The van der Waals surface area contributed by atoms with Crippen LogP contribution in [-0.2, 0) is 18.4 Å². The van der Waals surface area contributed by atoms with Crippen molar-refractivity contribution < 1.29 is 9.53 Å². The maximum absolute atomic E-state index is 12.2. The third-order valence-corrected chi connectivity index (χ3v) is 4.18. The lowest BCUT2D eigenvalue weighted by Crippen LogP contribution is -2.15. The van der Waals surface area contributed by atoms with Crippen LogP contribution in [0.3, 0.4) is 0 Å². The van der Waals surface area contributed by atoms with Crippen LogP contribution in [0.25, 0.3) is 11.0 Å². The summed E-state index contributed by atoms with van der Waals surface area (Å²) in [6.07, 6.45) is 0. The van der Waals surface area contributed by atoms with E-state index in [1.165, 1.54) is 11.3 Å². The van der Waals surface area contributed by atoms with Crippen molar-refractivity contribution >= 4 is 45.8 Å². The molecule has 0 aliphatic heterocycles. The van der Waals surface area contributed by atoms with Gasteiger partial charge in [-0.05, 0) is 18.2 Å². The van der Waals surface area contributed by atoms with E-state index in [9.17, 15) is 4.79 Å². The second-order valence-corrected chi connectivity index (χ2v) is 6.02. The molecule has 0 saturated carbocycles. The molecule has 0 atom stereocenters. The third kappa shape index (κ3) is 2.83. The number of nitrogens with zero attached hydrogens (tertiary/aromatic N) is 3. The van der Waals surface area contributed by atoms with Crippen LogP contribution in [-0.4, -0.2) is 27.6 Å². The average Bonchev–Trinajstić information content (AvgIpc) is 3.05. The number of amides is 1. The quantitative estimate of drug-likeness (QED) is 0.795. The number of ether oxygens (including phenoxy) is 1. The highest BCUT2D eigenvalue weighted by molar-refractivity contribution is 7.09. The lowest BCUT2D eigenvalue weighted by molar-refractivity contribution is 0.102. The second-order valence-electron chi connectivity index (χ2n) is 4.64. The predicted octanol–water partition coefficient (Wildman–Crippen LogP) is 3.08. The predicted molar refractivity (Wildman–Crippen MR) is 86.5 cm³/mol. The van der Waals surface area contributed by atoms with Crippen molar-refractivity contribution in [3.05, 3.63) is 39.3 Å². The molecule has 0 saturated heterocycles. The zero-order chi connectivity index (χ0) is 15.7. The van der Waals surface area contributed by atoms with Crippen molar-refractivity contribution in [2.75, 3.05) is 12.4 Å². The van der Waals surface area contributed by atoms with Crippen LogP contribution in [0.2, 0.25) is 5.02 Å². The minimum Gasteiger partial charge on any atom is -0.378 e. The Hall–Kier alpha value is -1.96. The first-order chi connectivity index (χ1) is 10.6. The molecule has 2 heterocycles. The minimum atomic E-state index is -0.303. The molecule has 0 bridgehead atoms. The Kier molecular flexibility index (Phi) is 4.10. The standard InChI is InChI=1S/C14H13ClN4O2S/c1-19-11-4-3-8(15)5-9(11)17-14(19)18-13(20)10-7-22-12(16-10)6-21-2/h3-5,7H,6H2,1-2H3,(H,17,18,20). The number of aryl methyl sites for hydroxylation is 1. The van der Waals surface area contributed by atoms with Crippen LogP contribution in [0.15, 0.2) is 23.6 Å². The largest absolute Gasteiger partial charge is 0.378 e. The molecule has 2 aromatic heterocycles. The summed E-state index contributed by atoms with van der Waals surface area (Å²) < 4.78 is 6.79. The number of benzene rings is 1. The smallest absolute Gasteiger partial charge is 0.277 e. The molecule has 3 aromatic rings. The van der Waals surface area contributed by atoms with E-state index in [0.29, 0.717) is 23.3 Å². The molecule has 22 heavy (non-hydrogen) atoms. The number of rotatable bonds is 4. The SMILES string of the molecule is COCc1nc(C(=O)Nc2nc3cc(Cl)ccc3n2C)cs1. The van der Waals surface area contributed by atoms with Crippen molar-refractivity contribution in [3.63, 3.8) is 0 Å². The van der Waals surface area contributed by atoms with Gasteiger partial charge in [-0.2, -0.15) is 0 Å². The average molecular weight is 337 g/mol. The zero-order valence-electron chi connectivity index (χ0n) is 12.0. The number of methoxy groups -OCH3 is 1. The van der Waals surface area contributed by atoms with Gasteiger partial charge in [0, 0.05) is 24.6 Å². The molecular formula is C14H13ClN4O2S. The van der Waals surface area contributed by atoms with Crippen LogP contribution in [0.1, 0.15) is 15.5 Å². The van der Waals surface area contributed by atoms with E-state index in [4.69, 9.17) is 16.3 Å². The van der Waals surface area contributed by atoms with Gasteiger partial charge in [0.2, 0.25) is 5.95 Å². The van der Waals surface area contributed by atoms with E-state index in [1.807, 2.05) is 13.1 Å². The van der Waals surface area contributed by atoms with Gasteiger partial charge < -0.3 is 9.30 Å². The molecule has 0 aliphatic rings. The molecule has 6 nitrogen and oxygen atoms in total. The van der Waals surface area contributed by atoms with E-state index in [2.05, 4.69) is 15.3 Å². The van der Waals surface area contributed by atoms with Gasteiger partial charge in [-0.1, -0.05) is 11.6 Å². The highest BCUT2D eigenvalue weighted by Gasteiger charge is 2.15. The minimum absolute atomic E-state index is 0.303. The van der Waals surface area contributed by atoms with Gasteiger partial charge in [0.25, 0.3) is 5.91 Å². The Bertz CT molecular complexity index is 843. The van der Waals surface area contributed by atoms with Crippen molar-refractivity contribution in [1.29, 1.82) is 0 Å². The number of fused-ring (bicyclic) bond motifs is 1. The highest BCUT2D eigenvalue weighted by Crippen LogP contribution is 2.22. The van der Waals surface area contributed by atoms with Gasteiger partial charge in [0.05, 0.1) is 17.6 Å². The van der Waals surface area contributed by atoms with Gasteiger partial charge in [0.1, 0.15) is 10.7 Å². The molecule has 114 valence electrons. The summed E-state index contributed by atoms with van der Waals surface area (Å²) >= 11 is 7.34. The third-order valence-electron chi connectivity index (χ3n) is 3.12. The Labute approximate surface area is 135 Å². The molecule has 0 spiro atoms. The molecule has 0 fully saturated rings.